The van der Waals surface area contributed by atoms with Gasteiger partial charge in [0.1, 0.15) is 11.6 Å². The van der Waals surface area contributed by atoms with Crippen molar-refractivity contribution in [1.29, 1.82) is 0 Å². The maximum Gasteiger partial charge on any atom is 0.304 e. The van der Waals surface area contributed by atoms with E-state index in [2.05, 4.69) is 5.32 Å². The summed E-state index contributed by atoms with van der Waals surface area (Å²) in [7, 11) is 0. The molecule has 88 valence electrons. The minimum Gasteiger partial charge on any atom is -0.481 e. The maximum atomic E-state index is 13.3. The van der Waals surface area contributed by atoms with E-state index in [4.69, 9.17) is 5.11 Å². The van der Waals surface area contributed by atoms with E-state index in [1.165, 1.54) is 18.2 Å². The summed E-state index contributed by atoms with van der Waals surface area (Å²) in [6.07, 6.45) is -0.0829. The number of carboxylic acid groups (broad SMARTS) is 1. The molecule has 1 atom stereocenters. The van der Waals surface area contributed by atoms with Gasteiger partial charge in [-0.2, -0.15) is 0 Å². The van der Waals surface area contributed by atoms with Gasteiger partial charge in [-0.05, 0) is 19.1 Å². The SMILES string of the molecule is CC(NCCC(=O)O)c1c(F)cccc1F. The number of halogens is 2. The normalized spacial score (nSPS) is 12.4. The van der Waals surface area contributed by atoms with Crippen molar-refractivity contribution >= 4 is 5.97 Å². The molecule has 0 spiro atoms. The van der Waals surface area contributed by atoms with Gasteiger partial charge in [0.05, 0.1) is 6.42 Å². The zero-order valence-corrected chi connectivity index (χ0v) is 8.84. The first-order valence-electron chi connectivity index (χ1n) is 4.91. The third-order valence-corrected chi connectivity index (χ3v) is 2.22. The summed E-state index contributed by atoms with van der Waals surface area (Å²) < 4.78 is 26.6. The van der Waals surface area contributed by atoms with Crippen LogP contribution in [0.1, 0.15) is 24.9 Å². The minimum atomic E-state index is -0.950. The van der Waals surface area contributed by atoms with Crippen LogP contribution in [-0.2, 0) is 4.79 Å². The second kappa shape index (κ2) is 5.55. The lowest BCUT2D eigenvalue weighted by atomic mass is 10.1. The smallest absolute Gasteiger partial charge is 0.304 e. The van der Waals surface area contributed by atoms with Crippen molar-refractivity contribution in [2.75, 3.05) is 6.54 Å². The van der Waals surface area contributed by atoms with E-state index in [0.29, 0.717) is 0 Å². The van der Waals surface area contributed by atoms with Crippen molar-refractivity contribution < 1.29 is 18.7 Å². The minimum absolute atomic E-state index is 0.0621. The highest BCUT2D eigenvalue weighted by atomic mass is 19.1. The molecule has 0 bridgehead atoms. The molecule has 0 saturated heterocycles. The van der Waals surface area contributed by atoms with Gasteiger partial charge in [-0.1, -0.05) is 6.07 Å². The molecular formula is C11H13F2NO2. The highest BCUT2D eigenvalue weighted by Gasteiger charge is 2.15. The van der Waals surface area contributed by atoms with E-state index >= 15 is 0 Å². The Balaban J connectivity index is 2.65. The van der Waals surface area contributed by atoms with E-state index in [-0.39, 0.29) is 18.5 Å². The van der Waals surface area contributed by atoms with Gasteiger partial charge in [-0.25, -0.2) is 8.78 Å². The second-order valence-electron chi connectivity index (χ2n) is 3.45. The van der Waals surface area contributed by atoms with Gasteiger partial charge in [-0.15, -0.1) is 0 Å². The fourth-order valence-corrected chi connectivity index (χ4v) is 1.42. The Morgan fingerprint density at radius 3 is 2.50 bits per heavy atom. The van der Waals surface area contributed by atoms with Crippen molar-refractivity contribution in [3.05, 3.63) is 35.4 Å². The number of hydrogen-bond donors (Lipinski definition) is 2. The molecule has 0 radical (unpaired) electrons. The van der Waals surface area contributed by atoms with Crippen LogP contribution >= 0.6 is 0 Å². The van der Waals surface area contributed by atoms with Crippen molar-refractivity contribution in [1.82, 2.24) is 5.32 Å². The molecule has 0 aromatic heterocycles. The highest BCUT2D eigenvalue weighted by molar-refractivity contribution is 5.66. The standard InChI is InChI=1S/C11H13F2NO2/c1-7(14-6-5-10(15)16)11-8(12)3-2-4-9(11)13/h2-4,7,14H,5-6H2,1H3,(H,15,16). The van der Waals surface area contributed by atoms with Gasteiger partial charge in [0.2, 0.25) is 0 Å². The molecule has 16 heavy (non-hydrogen) atoms. The molecule has 0 heterocycles. The molecule has 0 fully saturated rings. The van der Waals surface area contributed by atoms with Crippen LogP contribution in [0.2, 0.25) is 0 Å². The van der Waals surface area contributed by atoms with E-state index < -0.39 is 23.6 Å². The van der Waals surface area contributed by atoms with E-state index in [9.17, 15) is 13.6 Å². The van der Waals surface area contributed by atoms with Gasteiger partial charge in [0.15, 0.2) is 0 Å². The number of carbonyl (C=O) groups is 1. The summed E-state index contributed by atoms with van der Waals surface area (Å²) in [6, 6.07) is 3.08. The Bertz CT molecular complexity index is 362. The first kappa shape index (κ1) is 12.6. The Hall–Kier alpha value is -1.49. The lowest BCUT2D eigenvalue weighted by Crippen LogP contribution is -2.23. The molecular weight excluding hydrogens is 216 g/mol. The molecule has 3 nitrogen and oxygen atoms in total. The summed E-state index contributed by atoms with van der Waals surface area (Å²) in [5, 5.41) is 11.2. The Kier molecular flexibility index (Phi) is 4.37. The van der Waals surface area contributed by atoms with Gasteiger partial charge < -0.3 is 10.4 Å². The Labute approximate surface area is 92.1 Å². The number of rotatable bonds is 5. The first-order valence-corrected chi connectivity index (χ1v) is 4.91. The average molecular weight is 229 g/mol. The lowest BCUT2D eigenvalue weighted by Gasteiger charge is -2.14. The third-order valence-electron chi connectivity index (χ3n) is 2.22. The number of nitrogens with one attached hydrogen (secondary N) is 1. The molecule has 1 aromatic rings. The molecule has 1 aromatic carbocycles. The average Bonchev–Trinajstić information content (AvgIpc) is 2.16. The van der Waals surface area contributed by atoms with Crippen LogP contribution in [0, 0.1) is 11.6 Å². The number of aliphatic carboxylic acids is 1. The molecule has 1 unspecified atom stereocenters. The van der Waals surface area contributed by atoms with Gasteiger partial charge in [-0.3, -0.25) is 4.79 Å². The number of carboxylic acids is 1. The van der Waals surface area contributed by atoms with Gasteiger partial charge >= 0.3 is 5.97 Å². The Morgan fingerprint density at radius 2 is 2.00 bits per heavy atom. The molecule has 5 heteroatoms. The molecule has 0 aliphatic carbocycles. The highest BCUT2D eigenvalue weighted by Crippen LogP contribution is 2.19. The zero-order chi connectivity index (χ0) is 12.1. The lowest BCUT2D eigenvalue weighted by molar-refractivity contribution is -0.136. The van der Waals surface area contributed by atoms with Gasteiger partial charge in [0.25, 0.3) is 0 Å². The van der Waals surface area contributed by atoms with E-state index in [1.807, 2.05) is 0 Å². The van der Waals surface area contributed by atoms with Crippen LogP contribution < -0.4 is 5.32 Å². The van der Waals surface area contributed by atoms with Crippen LogP contribution in [0.25, 0.3) is 0 Å². The fourth-order valence-electron chi connectivity index (χ4n) is 1.42. The van der Waals surface area contributed by atoms with Gasteiger partial charge in [0, 0.05) is 18.2 Å². The van der Waals surface area contributed by atoms with Crippen molar-refractivity contribution in [2.45, 2.75) is 19.4 Å². The predicted octanol–water partition coefficient (Wildman–Crippen LogP) is 2.09. The summed E-state index contributed by atoms with van der Waals surface area (Å²) in [5.74, 6) is -2.21. The number of hydrogen-bond acceptors (Lipinski definition) is 2. The molecule has 0 saturated carbocycles. The van der Waals surface area contributed by atoms with Crippen LogP contribution in [-0.4, -0.2) is 17.6 Å². The van der Waals surface area contributed by atoms with Crippen LogP contribution in [0.4, 0.5) is 8.78 Å². The largest absolute Gasteiger partial charge is 0.481 e. The number of benzene rings is 1. The molecule has 0 aliphatic rings. The van der Waals surface area contributed by atoms with E-state index in [0.717, 1.165) is 0 Å². The molecule has 0 aliphatic heterocycles. The first-order chi connectivity index (χ1) is 7.52. The second-order valence-corrected chi connectivity index (χ2v) is 3.45. The van der Waals surface area contributed by atoms with Crippen molar-refractivity contribution in [2.24, 2.45) is 0 Å². The summed E-state index contributed by atoms with van der Waals surface area (Å²) in [6.45, 7) is 1.76. The summed E-state index contributed by atoms with van der Waals surface area (Å²) >= 11 is 0. The monoisotopic (exact) mass is 229 g/mol. The van der Waals surface area contributed by atoms with Crippen molar-refractivity contribution in [3.8, 4) is 0 Å². The van der Waals surface area contributed by atoms with Crippen LogP contribution in [0.15, 0.2) is 18.2 Å². The topological polar surface area (TPSA) is 49.3 Å². The third kappa shape index (κ3) is 3.27. The zero-order valence-electron chi connectivity index (χ0n) is 8.84. The van der Waals surface area contributed by atoms with Crippen molar-refractivity contribution in [3.63, 3.8) is 0 Å². The molecule has 0 amide bonds. The van der Waals surface area contributed by atoms with Crippen LogP contribution in [0.5, 0.6) is 0 Å². The predicted molar refractivity (Wildman–Crippen MR) is 55.0 cm³/mol. The van der Waals surface area contributed by atoms with Crippen LogP contribution in [0.3, 0.4) is 0 Å². The van der Waals surface area contributed by atoms with E-state index in [1.54, 1.807) is 6.92 Å². The molecule has 1 rings (SSSR count). The maximum absolute atomic E-state index is 13.3. The Morgan fingerprint density at radius 1 is 1.44 bits per heavy atom. The molecule has 2 N–H and O–H groups in total. The summed E-state index contributed by atoms with van der Waals surface area (Å²) in [4.78, 5) is 10.3. The quantitative estimate of drug-likeness (QED) is 0.812. The fraction of sp³-hybridized carbons (Fsp3) is 0.364. The summed E-state index contributed by atoms with van der Waals surface area (Å²) in [5.41, 5.74) is -0.0621.